The molecule has 2 atom stereocenters. The van der Waals surface area contributed by atoms with Gasteiger partial charge in [-0.05, 0) is 37.4 Å². The van der Waals surface area contributed by atoms with Gasteiger partial charge in [0.2, 0.25) is 0 Å². The minimum absolute atomic E-state index is 0.282. The third-order valence-corrected chi connectivity index (χ3v) is 7.96. The zero-order valence-electron chi connectivity index (χ0n) is 13.9. The van der Waals surface area contributed by atoms with E-state index in [1.807, 2.05) is 30.0 Å². The molecule has 2 unspecified atom stereocenters. The topological polar surface area (TPSA) is 17.1 Å². The smallest absolute Gasteiger partial charge is 0.136 e. The third kappa shape index (κ3) is 5.75. The fraction of sp³-hybridized carbons (Fsp3) is 0.611. The molecular formula is C18H27ClOSSi. The molecule has 1 aliphatic rings. The quantitative estimate of drug-likeness (QED) is 0.441. The van der Waals surface area contributed by atoms with Crippen LogP contribution in [0.4, 0.5) is 0 Å². The van der Waals surface area contributed by atoms with Gasteiger partial charge < -0.3 is 0 Å². The Morgan fingerprint density at radius 3 is 2.64 bits per heavy atom. The molecule has 1 nitrogen and oxygen atoms in total. The second-order valence-electron chi connectivity index (χ2n) is 7.58. The number of rotatable bonds is 6. The van der Waals surface area contributed by atoms with Crippen LogP contribution in [0.15, 0.2) is 29.2 Å². The summed E-state index contributed by atoms with van der Waals surface area (Å²) >= 11 is 8.22. The van der Waals surface area contributed by atoms with Gasteiger partial charge in [-0.2, -0.15) is 0 Å². The van der Waals surface area contributed by atoms with Crippen LogP contribution in [0.25, 0.3) is 0 Å². The fourth-order valence-corrected chi connectivity index (χ4v) is 7.86. The minimum Gasteiger partial charge on any atom is -0.299 e. The van der Waals surface area contributed by atoms with Gasteiger partial charge in [0.05, 0.1) is 5.02 Å². The molecule has 0 spiro atoms. The molecule has 0 aliphatic heterocycles. The molecule has 1 aromatic carbocycles. The van der Waals surface area contributed by atoms with E-state index in [4.69, 9.17) is 11.6 Å². The number of halogens is 1. The normalized spacial score (nSPS) is 20.9. The monoisotopic (exact) mass is 354 g/mol. The predicted octanol–water partition coefficient (Wildman–Crippen LogP) is 6.29. The highest BCUT2D eigenvalue weighted by Crippen LogP contribution is 2.38. The van der Waals surface area contributed by atoms with Gasteiger partial charge in [-0.25, -0.2) is 0 Å². The Bertz CT molecular complexity index is 512. The molecule has 0 aromatic heterocycles. The number of ketones is 1. The number of carbonyl (C=O) groups is 1. The molecule has 0 radical (unpaired) electrons. The zero-order chi connectivity index (χ0) is 16.2. The first kappa shape index (κ1) is 18.1. The maximum absolute atomic E-state index is 12.2. The van der Waals surface area contributed by atoms with Crippen molar-refractivity contribution < 1.29 is 4.79 Å². The van der Waals surface area contributed by atoms with E-state index in [9.17, 15) is 4.79 Å². The summed E-state index contributed by atoms with van der Waals surface area (Å²) in [5, 5.41) is 1.35. The van der Waals surface area contributed by atoms with E-state index in [1.165, 1.54) is 12.5 Å². The Morgan fingerprint density at radius 1 is 1.27 bits per heavy atom. The van der Waals surface area contributed by atoms with E-state index in [0.717, 1.165) is 35.6 Å². The van der Waals surface area contributed by atoms with Crippen LogP contribution < -0.4 is 0 Å². The number of thioether (sulfide) groups is 1. The summed E-state index contributed by atoms with van der Waals surface area (Å²) in [6.45, 7) is 7.24. The lowest BCUT2D eigenvalue weighted by atomic mass is 9.85. The van der Waals surface area contributed by atoms with Gasteiger partial charge in [0, 0.05) is 30.6 Å². The van der Waals surface area contributed by atoms with Crippen molar-refractivity contribution in [1.82, 2.24) is 0 Å². The summed E-state index contributed by atoms with van der Waals surface area (Å²) < 4.78 is 0. The predicted molar refractivity (Wildman–Crippen MR) is 101 cm³/mol. The summed E-state index contributed by atoms with van der Waals surface area (Å²) in [4.78, 5) is 13.4. The largest absolute Gasteiger partial charge is 0.299 e. The molecule has 0 amide bonds. The van der Waals surface area contributed by atoms with Crippen molar-refractivity contribution >= 4 is 37.2 Å². The molecule has 0 saturated heterocycles. The van der Waals surface area contributed by atoms with Crippen LogP contribution >= 0.6 is 23.4 Å². The molecule has 22 heavy (non-hydrogen) atoms. The lowest BCUT2D eigenvalue weighted by Gasteiger charge is -2.29. The van der Waals surface area contributed by atoms with Crippen molar-refractivity contribution in [2.75, 3.05) is 0 Å². The maximum Gasteiger partial charge on any atom is 0.136 e. The van der Waals surface area contributed by atoms with Crippen LogP contribution in [0.2, 0.25) is 30.7 Å². The summed E-state index contributed by atoms with van der Waals surface area (Å²) in [6.07, 6.45) is 5.21. The van der Waals surface area contributed by atoms with Gasteiger partial charge in [0.1, 0.15) is 5.78 Å². The van der Waals surface area contributed by atoms with Crippen molar-refractivity contribution in [2.45, 2.75) is 67.9 Å². The standard InChI is InChI=1S/C18H27ClOSSi/c1-22(2,3)13-15(12-14-8-4-6-10-17(14)20)21-18-11-7-5-9-16(18)19/h5,7,9,11,14-15H,4,6,8,10,12-13H2,1-3H3. The second-order valence-corrected chi connectivity index (χ2v) is 14.9. The van der Waals surface area contributed by atoms with Crippen LogP contribution in [-0.4, -0.2) is 19.1 Å². The molecule has 2 rings (SSSR count). The number of carbonyl (C=O) groups excluding carboxylic acids is 1. The van der Waals surface area contributed by atoms with Crippen LogP contribution in [0, 0.1) is 5.92 Å². The number of hydrogen-bond donors (Lipinski definition) is 0. The summed E-state index contributed by atoms with van der Waals surface area (Å²) in [7, 11) is -1.17. The third-order valence-electron chi connectivity index (χ3n) is 4.20. The van der Waals surface area contributed by atoms with Gasteiger partial charge in [-0.1, -0.05) is 49.8 Å². The molecule has 1 aromatic rings. The summed E-state index contributed by atoms with van der Waals surface area (Å²) in [5.74, 6) is 0.775. The van der Waals surface area contributed by atoms with Crippen LogP contribution in [0.5, 0.6) is 0 Å². The molecule has 0 heterocycles. The van der Waals surface area contributed by atoms with Crippen molar-refractivity contribution in [1.29, 1.82) is 0 Å². The molecule has 1 saturated carbocycles. The average Bonchev–Trinajstić information content (AvgIpc) is 2.42. The van der Waals surface area contributed by atoms with Crippen molar-refractivity contribution in [3.63, 3.8) is 0 Å². The van der Waals surface area contributed by atoms with Crippen LogP contribution in [0.3, 0.4) is 0 Å². The van der Waals surface area contributed by atoms with E-state index in [0.29, 0.717) is 11.0 Å². The summed E-state index contributed by atoms with van der Waals surface area (Å²) in [6, 6.07) is 9.33. The van der Waals surface area contributed by atoms with Gasteiger partial charge in [0.25, 0.3) is 0 Å². The van der Waals surface area contributed by atoms with Crippen LogP contribution in [0.1, 0.15) is 32.1 Å². The van der Waals surface area contributed by atoms with Gasteiger partial charge >= 0.3 is 0 Å². The minimum atomic E-state index is -1.17. The molecular weight excluding hydrogens is 328 g/mol. The Balaban J connectivity index is 2.08. The van der Waals surface area contributed by atoms with Crippen molar-refractivity contribution in [3.05, 3.63) is 29.3 Å². The lowest BCUT2D eigenvalue weighted by Crippen LogP contribution is -2.29. The first-order valence-electron chi connectivity index (χ1n) is 8.29. The average molecular weight is 355 g/mol. The first-order chi connectivity index (χ1) is 10.3. The van der Waals surface area contributed by atoms with E-state index < -0.39 is 8.07 Å². The number of benzene rings is 1. The van der Waals surface area contributed by atoms with Gasteiger partial charge in [0.15, 0.2) is 0 Å². The Morgan fingerprint density at radius 2 is 2.00 bits per heavy atom. The fourth-order valence-electron chi connectivity index (χ4n) is 3.20. The first-order valence-corrected chi connectivity index (χ1v) is 13.3. The van der Waals surface area contributed by atoms with Gasteiger partial charge in [-0.3, -0.25) is 4.79 Å². The van der Waals surface area contributed by atoms with E-state index in [1.54, 1.807) is 0 Å². The SMILES string of the molecule is C[Si](C)(C)CC(CC1CCCCC1=O)Sc1ccccc1Cl. The highest BCUT2D eigenvalue weighted by Gasteiger charge is 2.29. The Hall–Kier alpha value is -0.253. The Labute approximate surface area is 145 Å². The van der Waals surface area contributed by atoms with Crippen LogP contribution in [-0.2, 0) is 4.79 Å². The Kier molecular flexibility index (Phi) is 6.60. The zero-order valence-corrected chi connectivity index (χ0v) is 16.5. The van der Waals surface area contributed by atoms with Crippen molar-refractivity contribution in [3.8, 4) is 0 Å². The van der Waals surface area contributed by atoms with E-state index >= 15 is 0 Å². The number of Topliss-reactive ketones (excluding diaryl/α,β-unsaturated/α-hetero) is 1. The highest BCUT2D eigenvalue weighted by atomic mass is 35.5. The molecule has 0 N–H and O–H groups in total. The summed E-state index contributed by atoms with van der Waals surface area (Å²) in [5.41, 5.74) is 0. The van der Waals surface area contributed by atoms with E-state index in [2.05, 4.69) is 25.7 Å². The molecule has 122 valence electrons. The van der Waals surface area contributed by atoms with Gasteiger partial charge in [-0.15, -0.1) is 11.8 Å². The maximum atomic E-state index is 12.2. The highest BCUT2D eigenvalue weighted by molar-refractivity contribution is 8.00. The molecule has 1 aliphatic carbocycles. The molecule has 0 bridgehead atoms. The number of hydrogen-bond acceptors (Lipinski definition) is 2. The van der Waals surface area contributed by atoms with Crippen molar-refractivity contribution in [2.24, 2.45) is 5.92 Å². The second kappa shape index (κ2) is 8.03. The molecule has 4 heteroatoms. The lowest BCUT2D eigenvalue weighted by molar-refractivity contribution is -0.124. The molecule has 1 fully saturated rings. The van der Waals surface area contributed by atoms with E-state index in [-0.39, 0.29) is 5.92 Å².